The highest BCUT2D eigenvalue weighted by Crippen LogP contribution is 2.26. The van der Waals surface area contributed by atoms with Crippen molar-refractivity contribution in [1.82, 2.24) is 0 Å². The van der Waals surface area contributed by atoms with Gasteiger partial charge >= 0.3 is 0 Å². The predicted molar refractivity (Wildman–Crippen MR) is 64.0 cm³/mol. The van der Waals surface area contributed by atoms with Crippen molar-refractivity contribution in [2.45, 2.75) is 0 Å². The molecule has 0 radical (unpaired) electrons. The van der Waals surface area contributed by atoms with Crippen LogP contribution < -0.4 is 5.73 Å². The van der Waals surface area contributed by atoms with Gasteiger partial charge in [-0.05, 0) is 23.4 Å². The van der Waals surface area contributed by atoms with E-state index >= 15 is 0 Å². The van der Waals surface area contributed by atoms with Crippen LogP contribution in [0.15, 0.2) is 34.2 Å². The maximum Gasteiger partial charge on any atom is 0.286 e. The van der Waals surface area contributed by atoms with Gasteiger partial charge in [0, 0.05) is 5.56 Å². The van der Waals surface area contributed by atoms with E-state index in [2.05, 4.69) is 4.99 Å². The van der Waals surface area contributed by atoms with Crippen molar-refractivity contribution in [3.05, 3.63) is 40.3 Å². The van der Waals surface area contributed by atoms with Crippen molar-refractivity contribution >= 4 is 35.2 Å². The number of benzene rings is 1. The summed E-state index contributed by atoms with van der Waals surface area (Å²) < 4.78 is 0. The van der Waals surface area contributed by atoms with Crippen LogP contribution in [-0.2, 0) is 4.79 Å². The fraction of sp³-hybridized carbons (Fsp3) is 0. The smallest absolute Gasteiger partial charge is 0.286 e. The maximum absolute atomic E-state index is 11.3. The SMILES string of the molecule is NC1=NC(=O)C(=Cc2ccc(C=O)cc2)S1. The summed E-state index contributed by atoms with van der Waals surface area (Å²) in [4.78, 5) is 25.8. The first-order valence-corrected chi connectivity index (χ1v) is 5.34. The lowest BCUT2D eigenvalue weighted by Gasteiger charge is -1.96. The first-order chi connectivity index (χ1) is 7.69. The van der Waals surface area contributed by atoms with Crippen LogP contribution in [0.4, 0.5) is 0 Å². The van der Waals surface area contributed by atoms with E-state index in [-0.39, 0.29) is 11.1 Å². The summed E-state index contributed by atoms with van der Waals surface area (Å²) in [6.45, 7) is 0. The van der Waals surface area contributed by atoms with E-state index < -0.39 is 0 Å². The van der Waals surface area contributed by atoms with E-state index in [0.717, 1.165) is 23.6 Å². The van der Waals surface area contributed by atoms with Crippen molar-refractivity contribution in [3.63, 3.8) is 0 Å². The number of aliphatic imine (C=N–C) groups is 1. The monoisotopic (exact) mass is 232 g/mol. The summed E-state index contributed by atoms with van der Waals surface area (Å²) in [7, 11) is 0. The molecule has 0 atom stereocenters. The Labute approximate surface area is 96.2 Å². The lowest BCUT2D eigenvalue weighted by molar-refractivity contribution is -0.113. The highest BCUT2D eigenvalue weighted by molar-refractivity contribution is 8.18. The molecule has 0 bridgehead atoms. The zero-order chi connectivity index (χ0) is 11.5. The fourth-order valence-corrected chi connectivity index (χ4v) is 1.93. The lowest BCUT2D eigenvalue weighted by atomic mass is 10.1. The Balaban J connectivity index is 2.24. The second-order valence-electron chi connectivity index (χ2n) is 3.15. The Hall–Kier alpha value is -1.88. The fourth-order valence-electron chi connectivity index (χ4n) is 1.25. The number of nitrogens with two attached hydrogens (primary N) is 1. The van der Waals surface area contributed by atoms with E-state index in [1.165, 1.54) is 0 Å². The third kappa shape index (κ3) is 2.20. The second-order valence-corrected chi connectivity index (χ2v) is 4.21. The van der Waals surface area contributed by atoms with Gasteiger partial charge in [-0.3, -0.25) is 9.59 Å². The summed E-state index contributed by atoms with van der Waals surface area (Å²) in [6, 6.07) is 6.90. The molecule has 0 fully saturated rings. The van der Waals surface area contributed by atoms with Crippen LogP contribution in [-0.4, -0.2) is 17.4 Å². The molecule has 1 aliphatic heterocycles. The molecule has 1 amide bonds. The number of rotatable bonds is 2. The highest BCUT2D eigenvalue weighted by Gasteiger charge is 2.19. The molecular formula is C11H8N2O2S. The number of hydrogen-bond acceptors (Lipinski definition) is 4. The van der Waals surface area contributed by atoms with Crippen LogP contribution in [0.25, 0.3) is 6.08 Å². The molecule has 0 saturated carbocycles. The van der Waals surface area contributed by atoms with Crippen LogP contribution in [0.3, 0.4) is 0 Å². The van der Waals surface area contributed by atoms with E-state index in [0.29, 0.717) is 10.5 Å². The topological polar surface area (TPSA) is 72.5 Å². The summed E-state index contributed by atoms with van der Waals surface area (Å²) in [5, 5.41) is 0.265. The zero-order valence-electron chi connectivity index (χ0n) is 8.21. The van der Waals surface area contributed by atoms with Gasteiger partial charge in [0.05, 0.1) is 4.91 Å². The number of thioether (sulfide) groups is 1. The van der Waals surface area contributed by atoms with E-state index in [4.69, 9.17) is 5.73 Å². The van der Waals surface area contributed by atoms with Gasteiger partial charge in [0.2, 0.25) is 0 Å². The molecule has 0 unspecified atom stereocenters. The predicted octanol–water partition coefficient (Wildman–Crippen LogP) is 1.43. The standard InChI is InChI=1S/C11H8N2O2S/c12-11-13-10(15)9(16-11)5-7-1-3-8(6-14)4-2-7/h1-6H,(H2,12,13,15). The summed E-state index contributed by atoms with van der Waals surface area (Å²) in [5.41, 5.74) is 6.86. The largest absolute Gasteiger partial charge is 0.378 e. The lowest BCUT2D eigenvalue weighted by Crippen LogP contribution is -2.01. The molecule has 1 aromatic rings. The molecule has 0 aliphatic carbocycles. The molecule has 2 N–H and O–H groups in total. The number of amides is 1. The summed E-state index contributed by atoms with van der Waals surface area (Å²) in [5.74, 6) is -0.318. The molecule has 1 heterocycles. The molecule has 4 nitrogen and oxygen atoms in total. The third-order valence-electron chi connectivity index (χ3n) is 2.01. The number of carbonyl (C=O) groups excluding carboxylic acids is 2. The Morgan fingerprint density at radius 2 is 1.81 bits per heavy atom. The van der Waals surface area contributed by atoms with Crippen LogP contribution in [0, 0.1) is 0 Å². The van der Waals surface area contributed by atoms with Gasteiger partial charge in [0.1, 0.15) is 6.29 Å². The van der Waals surface area contributed by atoms with Gasteiger partial charge in [-0.25, -0.2) is 0 Å². The molecule has 0 spiro atoms. The highest BCUT2D eigenvalue weighted by atomic mass is 32.2. The van der Waals surface area contributed by atoms with Gasteiger partial charge in [0.25, 0.3) is 5.91 Å². The van der Waals surface area contributed by atoms with Gasteiger partial charge in [-0.1, -0.05) is 24.3 Å². The average molecular weight is 232 g/mol. The minimum Gasteiger partial charge on any atom is -0.378 e. The van der Waals surface area contributed by atoms with Crippen molar-refractivity contribution in [2.24, 2.45) is 10.7 Å². The zero-order valence-corrected chi connectivity index (χ0v) is 9.03. The number of hydrogen-bond donors (Lipinski definition) is 1. The van der Waals surface area contributed by atoms with E-state index in [1.807, 2.05) is 0 Å². The molecule has 0 aromatic heterocycles. The maximum atomic E-state index is 11.3. The van der Waals surface area contributed by atoms with Crippen molar-refractivity contribution in [2.75, 3.05) is 0 Å². The quantitative estimate of drug-likeness (QED) is 0.618. The molecule has 1 aromatic carbocycles. The molecule has 1 aliphatic rings. The van der Waals surface area contributed by atoms with E-state index in [9.17, 15) is 9.59 Å². The minimum absolute atomic E-state index is 0.265. The first kappa shape index (κ1) is 10.6. The van der Waals surface area contributed by atoms with Gasteiger partial charge in [0.15, 0.2) is 5.17 Å². The Bertz CT molecular complexity index is 503. The van der Waals surface area contributed by atoms with Crippen molar-refractivity contribution in [1.29, 1.82) is 0 Å². The van der Waals surface area contributed by atoms with Crippen LogP contribution in [0.2, 0.25) is 0 Å². The van der Waals surface area contributed by atoms with Crippen LogP contribution in [0.1, 0.15) is 15.9 Å². The molecular weight excluding hydrogens is 224 g/mol. The number of nitrogens with zero attached hydrogens (tertiary/aromatic N) is 1. The summed E-state index contributed by atoms with van der Waals surface area (Å²) >= 11 is 1.15. The Morgan fingerprint density at radius 1 is 1.19 bits per heavy atom. The van der Waals surface area contributed by atoms with E-state index in [1.54, 1.807) is 30.3 Å². The number of amidine groups is 1. The van der Waals surface area contributed by atoms with Gasteiger partial charge < -0.3 is 5.73 Å². The normalized spacial score (nSPS) is 17.6. The molecule has 0 saturated heterocycles. The molecule has 16 heavy (non-hydrogen) atoms. The summed E-state index contributed by atoms with van der Waals surface area (Å²) in [6.07, 6.45) is 2.47. The van der Waals surface area contributed by atoms with Gasteiger partial charge in [-0.15, -0.1) is 0 Å². The van der Waals surface area contributed by atoms with Gasteiger partial charge in [-0.2, -0.15) is 4.99 Å². The molecule has 5 heteroatoms. The third-order valence-corrected chi connectivity index (χ3v) is 2.82. The van der Waals surface area contributed by atoms with Crippen molar-refractivity contribution in [3.8, 4) is 0 Å². The number of carbonyl (C=O) groups is 2. The second kappa shape index (κ2) is 4.32. The van der Waals surface area contributed by atoms with Crippen LogP contribution in [0.5, 0.6) is 0 Å². The molecule has 80 valence electrons. The average Bonchev–Trinajstić information content (AvgIpc) is 2.59. The Morgan fingerprint density at radius 3 is 2.31 bits per heavy atom. The molecule has 2 rings (SSSR count). The van der Waals surface area contributed by atoms with Crippen molar-refractivity contribution < 1.29 is 9.59 Å². The van der Waals surface area contributed by atoms with Crippen LogP contribution >= 0.6 is 11.8 Å². The number of aldehydes is 1. The first-order valence-electron chi connectivity index (χ1n) is 4.52. The minimum atomic E-state index is -0.318. The Kier molecular flexibility index (Phi) is 2.87.